The number of carbonyl (C=O) groups is 1. The van der Waals surface area contributed by atoms with Crippen LogP contribution in [0.1, 0.15) is 47.4 Å². The fraction of sp³-hybridized carbons (Fsp3) is 0.303. The Morgan fingerprint density at radius 2 is 1.45 bits per heavy atom. The highest BCUT2D eigenvalue weighted by Gasteiger charge is 2.50. The summed E-state index contributed by atoms with van der Waals surface area (Å²) >= 11 is 0. The Labute approximate surface area is 223 Å². The Hall–Kier alpha value is -3.67. The summed E-state index contributed by atoms with van der Waals surface area (Å²) in [6.07, 6.45) is 1.52. The molecule has 0 aromatic heterocycles. The Morgan fingerprint density at radius 3 is 2.21 bits per heavy atom. The summed E-state index contributed by atoms with van der Waals surface area (Å²) in [5, 5.41) is 12.3. The van der Waals surface area contributed by atoms with Crippen molar-refractivity contribution in [3.8, 4) is 0 Å². The predicted octanol–water partition coefficient (Wildman–Crippen LogP) is 7.14. The first-order valence-corrected chi connectivity index (χ1v) is 13.5. The van der Waals surface area contributed by atoms with E-state index in [0.717, 1.165) is 36.0 Å². The van der Waals surface area contributed by atoms with Crippen molar-refractivity contribution in [2.24, 2.45) is 0 Å². The Kier molecular flexibility index (Phi) is 7.12. The molecule has 4 atom stereocenters. The molecule has 4 unspecified atom stereocenters. The van der Waals surface area contributed by atoms with Crippen LogP contribution in [0.25, 0.3) is 10.8 Å². The molecule has 0 aliphatic carbocycles. The van der Waals surface area contributed by atoms with Crippen LogP contribution in [-0.2, 0) is 29.3 Å². The summed E-state index contributed by atoms with van der Waals surface area (Å²) in [4.78, 5) is 13.8. The number of nitrogens with zero attached hydrogens (tertiary/aromatic N) is 1. The Balaban J connectivity index is 1.17. The van der Waals surface area contributed by atoms with Gasteiger partial charge in [-0.3, -0.25) is 4.90 Å². The van der Waals surface area contributed by atoms with Gasteiger partial charge in [0.25, 0.3) is 0 Å². The van der Waals surface area contributed by atoms with Crippen molar-refractivity contribution in [2.75, 3.05) is 0 Å². The quantitative estimate of drug-likeness (QED) is 0.275. The van der Waals surface area contributed by atoms with Crippen molar-refractivity contribution in [2.45, 2.75) is 63.2 Å². The normalized spacial score (nSPS) is 22.6. The average Bonchev–Trinajstić information content (AvgIpc) is 3.28. The van der Waals surface area contributed by atoms with Gasteiger partial charge in [-0.15, -0.1) is 0 Å². The minimum absolute atomic E-state index is 0.0527. The fourth-order valence-corrected chi connectivity index (χ4v) is 6.26. The van der Waals surface area contributed by atoms with E-state index in [4.69, 9.17) is 9.47 Å². The molecule has 0 saturated carbocycles. The van der Waals surface area contributed by atoms with Gasteiger partial charge in [-0.1, -0.05) is 91.0 Å². The molecule has 2 aliphatic rings. The third-order valence-electron chi connectivity index (χ3n) is 8.11. The molecule has 0 radical (unpaired) electrons. The second-order valence-electron chi connectivity index (χ2n) is 10.5. The standard InChI is InChI=1S/C33H33NO4/c35-33(36)34-29-16-17-31(34)32(38-22-25-12-13-26-8-4-5-9-28(26)18-25)30(19-29)27-14-10-24(11-15-27)21-37-20-23-6-2-1-3-7-23/h1-15,18,29-32H,16-17,19-22H2,(H,35,36). The van der Waals surface area contributed by atoms with Gasteiger partial charge >= 0.3 is 6.09 Å². The van der Waals surface area contributed by atoms with Crippen LogP contribution in [0.15, 0.2) is 97.1 Å². The fourth-order valence-electron chi connectivity index (χ4n) is 6.26. The lowest BCUT2D eigenvalue weighted by atomic mass is 9.82. The summed E-state index contributed by atoms with van der Waals surface area (Å²) in [6, 6.07) is 33.4. The van der Waals surface area contributed by atoms with Gasteiger partial charge in [0, 0.05) is 12.0 Å². The Morgan fingerprint density at radius 1 is 0.763 bits per heavy atom. The molecule has 2 bridgehead atoms. The lowest BCUT2D eigenvalue weighted by molar-refractivity contribution is -0.0534. The molecule has 4 aromatic carbocycles. The van der Waals surface area contributed by atoms with Crippen LogP contribution in [0, 0.1) is 0 Å². The van der Waals surface area contributed by atoms with Gasteiger partial charge in [0.15, 0.2) is 0 Å². The first kappa shape index (κ1) is 24.7. The van der Waals surface area contributed by atoms with Gasteiger partial charge in [-0.05, 0) is 58.4 Å². The number of hydrogen-bond donors (Lipinski definition) is 1. The van der Waals surface area contributed by atoms with Crippen molar-refractivity contribution >= 4 is 16.9 Å². The van der Waals surface area contributed by atoms with Gasteiger partial charge in [0.1, 0.15) is 0 Å². The zero-order chi connectivity index (χ0) is 25.9. The van der Waals surface area contributed by atoms with Crippen molar-refractivity contribution in [3.63, 3.8) is 0 Å². The lowest BCUT2D eigenvalue weighted by Crippen LogP contribution is -2.53. The number of ether oxygens (including phenoxy) is 2. The minimum Gasteiger partial charge on any atom is -0.465 e. The molecule has 1 N–H and O–H groups in total. The maximum atomic E-state index is 12.1. The molecule has 2 saturated heterocycles. The lowest BCUT2D eigenvalue weighted by Gasteiger charge is -2.43. The average molecular weight is 508 g/mol. The first-order chi connectivity index (χ1) is 18.7. The number of hydrogen-bond acceptors (Lipinski definition) is 3. The number of amides is 1. The predicted molar refractivity (Wildman–Crippen MR) is 148 cm³/mol. The van der Waals surface area contributed by atoms with Crippen LogP contribution >= 0.6 is 0 Å². The second kappa shape index (κ2) is 11.0. The van der Waals surface area contributed by atoms with Gasteiger partial charge in [0.2, 0.25) is 0 Å². The summed E-state index contributed by atoms with van der Waals surface area (Å²) < 4.78 is 12.5. The largest absolute Gasteiger partial charge is 0.465 e. The zero-order valence-electron chi connectivity index (χ0n) is 21.4. The highest BCUT2D eigenvalue weighted by Crippen LogP contribution is 2.45. The van der Waals surface area contributed by atoms with E-state index in [0.29, 0.717) is 19.8 Å². The molecule has 2 aliphatic heterocycles. The number of piperidine rings is 1. The van der Waals surface area contributed by atoms with Crippen molar-refractivity contribution in [3.05, 3.63) is 119 Å². The van der Waals surface area contributed by atoms with Gasteiger partial charge in [-0.2, -0.15) is 0 Å². The highest BCUT2D eigenvalue weighted by molar-refractivity contribution is 5.82. The molecule has 4 aromatic rings. The molecule has 38 heavy (non-hydrogen) atoms. The second-order valence-corrected chi connectivity index (χ2v) is 10.5. The maximum Gasteiger partial charge on any atom is 0.407 e. The van der Waals surface area contributed by atoms with Crippen LogP contribution in [0.4, 0.5) is 4.79 Å². The minimum atomic E-state index is -0.832. The van der Waals surface area contributed by atoms with E-state index >= 15 is 0 Å². The molecular weight excluding hydrogens is 474 g/mol. The zero-order valence-corrected chi connectivity index (χ0v) is 21.4. The van der Waals surface area contributed by atoms with Crippen LogP contribution in [-0.4, -0.2) is 34.3 Å². The van der Waals surface area contributed by atoms with Gasteiger partial charge in [0.05, 0.1) is 32.0 Å². The van der Waals surface area contributed by atoms with E-state index in [1.165, 1.54) is 16.3 Å². The van der Waals surface area contributed by atoms with Gasteiger partial charge < -0.3 is 14.6 Å². The third kappa shape index (κ3) is 5.17. The monoisotopic (exact) mass is 507 g/mol. The number of benzene rings is 4. The molecule has 1 amide bonds. The highest BCUT2D eigenvalue weighted by atomic mass is 16.5. The molecule has 6 rings (SSSR count). The van der Waals surface area contributed by atoms with Crippen LogP contribution in [0.2, 0.25) is 0 Å². The number of rotatable bonds is 8. The molecule has 5 nitrogen and oxygen atoms in total. The number of fused-ring (bicyclic) bond motifs is 3. The van der Waals surface area contributed by atoms with Crippen molar-refractivity contribution in [1.29, 1.82) is 0 Å². The van der Waals surface area contributed by atoms with Crippen LogP contribution < -0.4 is 0 Å². The smallest absolute Gasteiger partial charge is 0.407 e. The van der Waals surface area contributed by atoms with E-state index in [1.54, 1.807) is 4.90 Å². The van der Waals surface area contributed by atoms with E-state index in [2.05, 4.69) is 66.7 Å². The van der Waals surface area contributed by atoms with Crippen LogP contribution in [0.5, 0.6) is 0 Å². The van der Waals surface area contributed by atoms with E-state index < -0.39 is 6.09 Å². The summed E-state index contributed by atoms with van der Waals surface area (Å²) in [5.41, 5.74) is 4.61. The maximum absolute atomic E-state index is 12.1. The number of carboxylic acid groups (broad SMARTS) is 1. The molecular formula is C33H33NO4. The van der Waals surface area contributed by atoms with E-state index in [-0.39, 0.29) is 24.1 Å². The van der Waals surface area contributed by atoms with Crippen molar-refractivity contribution in [1.82, 2.24) is 4.90 Å². The third-order valence-corrected chi connectivity index (χ3v) is 8.11. The summed E-state index contributed by atoms with van der Waals surface area (Å²) in [5.74, 6) is 0.155. The van der Waals surface area contributed by atoms with Crippen molar-refractivity contribution < 1.29 is 19.4 Å². The first-order valence-electron chi connectivity index (χ1n) is 13.5. The molecule has 194 valence electrons. The summed E-state index contributed by atoms with van der Waals surface area (Å²) in [7, 11) is 0. The SMILES string of the molecule is O=C(O)N1C2CCC1C(OCc1ccc3ccccc3c1)C(c1ccc(COCc3ccccc3)cc1)C2. The van der Waals surface area contributed by atoms with E-state index in [1.807, 2.05) is 30.3 Å². The molecule has 2 fully saturated rings. The molecule has 2 heterocycles. The van der Waals surface area contributed by atoms with E-state index in [9.17, 15) is 9.90 Å². The summed E-state index contributed by atoms with van der Waals surface area (Å²) in [6.45, 7) is 1.61. The topological polar surface area (TPSA) is 59.0 Å². The molecule has 0 spiro atoms. The Bertz CT molecular complexity index is 1390. The van der Waals surface area contributed by atoms with Crippen LogP contribution in [0.3, 0.4) is 0 Å². The van der Waals surface area contributed by atoms with Gasteiger partial charge in [-0.25, -0.2) is 4.79 Å². The molecule has 5 heteroatoms.